The lowest BCUT2D eigenvalue weighted by Crippen LogP contribution is -2.02. The summed E-state index contributed by atoms with van der Waals surface area (Å²) < 4.78 is 28.9. The van der Waals surface area contributed by atoms with Crippen LogP contribution in [-0.4, -0.2) is 36.4 Å². The number of hydrogen-bond acceptors (Lipinski definition) is 5. The van der Waals surface area contributed by atoms with Gasteiger partial charge in [-0.05, 0) is 73.2 Å². The van der Waals surface area contributed by atoms with Gasteiger partial charge in [-0.15, -0.1) is 10.2 Å². The first-order valence-electron chi connectivity index (χ1n) is 10.4. The standard InChI is InChI=1S/C25H19F2N5O/c26-19-7-2-16(3-8-19)23-24(17-4-9-20(27)10-5-17)30-22-14-18(6-11-21(22)29-23)25-31-28-15-32(25)12-1-13-33/h2-11,14-15,33H,1,12-13H2. The topological polar surface area (TPSA) is 76.7 Å². The quantitative estimate of drug-likeness (QED) is 0.405. The second-order valence-electron chi connectivity index (χ2n) is 7.56. The molecule has 0 bridgehead atoms. The molecule has 0 fully saturated rings. The SMILES string of the molecule is OCCCn1cnnc1-c1ccc2nc(-c3ccc(F)cc3)c(-c3ccc(F)cc3)nc2c1. The number of aromatic nitrogens is 5. The minimum Gasteiger partial charge on any atom is -0.396 e. The number of halogens is 2. The summed E-state index contributed by atoms with van der Waals surface area (Å²) in [6.45, 7) is 0.668. The Labute approximate surface area is 188 Å². The average molecular weight is 443 g/mol. The third-order valence-corrected chi connectivity index (χ3v) is 5.33. The van der Waals surface area contributed by atoms with Crippen LogP contribution >= 0.6 is 0 Å². The van der Waals surface area contributed by atoms with E-state index in [-0.39, 0.29) is 18.2 Å². The molecule has 164 valence electrons. The first-order valence-corrected chi connectivity index (χ1v) is 10.4. The van der Waals surface area contributed by atoms with Gasteiger partial charge in [-0.1, -0.05) is 0 Å². The molecule has 0 spiro atoms. The second kappa shape index (κ2) is 8.84. The summed E-state index contributed by atoms with van der Waals surface area (Å²) in [5.74, 6) is -0.0239. The van der Waals surface area contributed by atoms with Crippen molar-refractivity contribution in [3.63, 3.8) is 0 Å². The summed E-state index contributed by atoms with van der Waals surface area (Å²) in [4.78, 5) is 9.67. The molecular weight excluding hydrogens is 424 g/mol. The van der Waals surface area contributed by atoms with Gasteiger partial charge < -0.3 is 9.67 Å². The van der Waals surface area contributed by atoms with Crippen molar-refractivity contribution in [1.82, 2.24) is 24.7 Å². The average Bonchev–Trinajstić information content (AvgIpc) is 3.31. The first-order chi connectivity index (χ1) is 16.1. The van der Waals surface area contributed by atoms with Crippen LogP contribution in [0.3, 0.4) is 0 Å². The minimum absolute atomic E-state index is 0.0774. The molecule has 0 aliphatic rings. The van der Waals surface area contributed by atoms with Crippen molar-refractivity contribution < 1.29 is 13.9 Å². The molecule has 2 aromatic heterocycles. The van der Waals surface area contributed by atoms with Gasteiger partial charge in [-0.2, -0.15) is 0 Å². The van der Waals surface area contributed by atoms with Gasteiger partial charge in [-0.3, -0.25) is 0 Å². The van der Waals surface area contributed by atoms with Crippen LogP contribution < -0.4 is 0 Å². The van der Waals surface area contributed by atoms with Crippen LogP contribution in [0.1, 0.15) is 6.42 Å². The van der Waals surface area contributed by atoms with E-state index in [0.717, 1.165) is 5.56 Å². The van der Waals surface area contributed by atoms with Crippen molar-refractivity contribution in [3.8, 4) is 33.9 Å². The van der Waals surface area contributed by atoms with Crippen LogP contribution in [-0.2, 0) is 6.54 Å². The third-order valence-electron chi connectivity index (χ3n) is 5.33. The van der Waals surface area contributed by atoms with Crippen LogP contribution in [0.25, 0.3) is 44.9 Å². The molecule has 8 heteroatoms. The fourth-order valence-electron chi connectivity index (χ4n) is 3.69. The zero-order chi connectivity index (χ0) is 22.8. The number of rotatable bonds is 6. The number of benzene rings is 3. The molecule has 0 amide bonds. The van der Waals surface area contributed by atoms with E-state index in [1.165, 1.54) is 24.3 Å². The number of aryl methyl sites for hydroxylation is 1. The normalized spacial score (nSPS) is 11.2. The Bertz CT molecular complexity index is 1420. The van der Waals surface area contributed by atoms with Crippen molar-refractivity contribution in [2.24, 2.45) is 0 Å². The Kier molecular flexibility index (Phi) is 5.58. The Morgan fingerprint density at radius 3 is 1.91 bits per heavy atom. The molecule has 0 radical (unpaired) electrons. The maximum Gasteiger partial charge on any atom is 0.163 e. The maximum absolute atomic E-state index is 13.6. The smallest absolute Gasteiger partial charge is 0.163 e. The third kappa shape index (κ3) is 4.20. The molecule has 1 N–H and O–H groups in total. The highest BCUT2D eigenvalue weighted by Crippen LogP contribution is 2.32. The van der Waals surface area contributed by atoms with Crippen LogP contribution in [0.4, 0.5) is 8.78 Å². The van der Waals surface area contributed by atoms with E-state index < -0.39 is 0 Å². The molecule has 0 atom stereocenters. The van der Waals surface area contributed by atoms with Crippen LogP contribution in [0, 0.1) is 11.6 Å². The van der Waals surface area contributed by atoms with Crippen LogP contribution in [0.5, 0.6) is 0 Å². The predicted molar refractivity (Wildman–Crippen MR) is 121 cm³/mol. The van der Waals surface area contributed by atoms with Gasteiger partial charge >= 0.3 is 0 Å². The van der Waals surface area contributed by atoms with Crippen LogP contribution in [0.15, 0.2) is 73.1 Å². The number of aliphatic hydroxyl groups is 1. The molecule has 33 heavy (non-hydrogen) atoms. The molecule has 0 aliphatic heterocycles. The summed E-state index contributed by atoms with van der Waals surface area (Å²) in [6.07, 6.45) is 2.22. The van der Waals surface area contributed by atoms with Gasteiger partial charge in [0.25, 0.3) is 0 Å². The van der Waals surface area contributed by atoms with Gasteiger partial charge in [0.1, 0.15) is 18.0 Å². The zero-order valence-corrected chi connectivity index (χ0v) is 17.5. The fraction of sp³-hybridized carbons (Fsp3) is 0.120. The van der Waals surface area contributed by atoms with Crippen molar-refractivity contribution in [2.45, 2.75) is 13.0 Å². The van der Waals surface area contributed by atoms with Gasteiger partial charge in [0.15, 0.2) is 5.82 Å². The summed E-state index contributed by atoms with van der Waals surface area (Å²) in [7, 11) is 0. The van der Waals surface area contributed by atoms with E-state index in [1.54, 1.807) is 30.6 Å². The summed E-state index contributed by atoms with van der Waals surface area (Å²) in [5.41, 5.74) is 4.65. The number of nitrogens with zero attached hydrogens (tertiary/aromatic N) is 5. The monoisotopic (exact) mass is 443 g/mol. The molecule has 5 rings (SSSR count). The Morgan fingerprint density at radius 2 is 1.30 bits per heavy atom. The zero-order valence-electron chi connectivity index (χ0n) is 17.5. The predicted octanol–water partition coefficient (Wildman–Crippen LogP) is 4.88. The van der Waals surface area contributed by atoms with E-state index in [4.69, 9.17) is 15.1 Å². The fourth-order valence-corrected chi connectivity index (χ4v) is 3.69. The Hall–Kier alpha value is -4.04. The highest BCUT2D eigenvalue weighted by atomic mass is 19.1. The number of aliphatic hydroxyl groups excluding tert-OH is 1. The highest BCUT2D eigenvalue weighted by molar-refractivity contribution is 5.88. The molecule has 2 heterocycles. The molecule has 0 aliphatic carbocycles. The van der Waals surface area contributed by atoms with Gasteiger partial charge in [0.2, 0.25) is 0 Å². The lowest BCUT2D eigenvalue weighted by atomic mass is 10.0. The molecule has 5 aromatic rings. The summed E-state index contributed by atoms with van der Waals surface area (Å²) in [5, 5.41) is 17.4. The highest BCUT2D eigenvalue weighted by Gasteiger charge is 2.15. The van der Waals surface area contributed by atoms with E-state index in [2.05, 4.69) is 10.2 Å². The Morgan fingerprint density at radius 1 is 0.727 bits per heavy atom. The molecule has 6 nitrogen and oxygen atoms in total. The molecule has 0 saturated carbocycles. The van der Waals surface area contributed by atoms with Crippen molar-refractivity contribution in [1.29, 1.82) is 0 Å². The Balaban J connectivity index is 1.67. The molecular formula is C25H19F2N5O. The second-order valence-corrected chi connectivity index (χ2v) is 7.56. The van der Waals surface area contributed by atoms with Crippen molar-refractivity contribution >= 4 is 11.0 Å². The van der Waals surface area contributed by atoms with E-state index in [9.17, 15) is 8.78 Å². The van der Waals surface area contributed by atoms with Crippen molar-refractivity contribution in [2.75, 3.05) is 6.61 Å². The largest absolute Gasteiger partial charge is 0.396 e. The number of hydrogen-bond donors (Lipinski definition) is 1. The van der Waals surface area contributed by atoms with Crippen LogP contribution in [0.2, 0.25) is 0 Å². The maximum atomic E-state index is 13.6. The summed E-state index contributed by atoms with van der Waals surface area (Å²) in [6, 6.07) is 17.7. The minimum atomic E-state index is -0.347. The van der Waals surface area contributed by atoms with Crippen molar-refractivity contribution in [3.05, 3.63) is 84.7 Å². The van der Waals surface area contributed by atoms with E-state index >= 15 is 0 Å². The van der Waals surface area contributed by atoms with Gasteiger partial charge in [-0.25, -0.2) is 18.7 Å². The van der Waals surface area contributed by atoms with E-state index in [1.807, 2.05) is 22.8 Å². The van der Waals surface area contributed by atoms with Gasteiger partial charge in [0, 0.05) is 29.8 Å². The molecule has 3 aromatic carbocycles. The summed E-state index contributed by atoms with van der Waals surface area (Å²) >= 11 is 0. The molecule has 0 unspecified atom stereocenters. The first kappa shape index (κ1) is 20.8. The van der Waals surface area contributed by atoms with Gasteiger partial charge in [0.05, 0.1) is 22.4 Å². The lowest BCUT2D eigenvalue weighted by molar-refractivity contribution is 0.280. The van der Waals surface area contributed by atoms with E-state index in [0.29, 0.717) is 52.3 Å². The molecule has 0 saturated heterocycles. The lowest BCUT2D eigenvalue weighted by Gasteiger charge is -2.12. The number of fused-ring (bicyclic) bond motifs is 1.